The lowest BCUT2D eigenvalue weighted by Gasteiger charge is -1.99. The molecule has 2 heterocycles. The van der Waals surface area contributed by atoms with Crippen LogP contribution in [0.2, 0.25) is 0 Å². The van der Waals surface area contributed by atoms with Gasteiger partial charge in [-0.25, -0.2) is 0 Å². The van der Waals surface area contributed by atoms with Gasteiger partial charge in [-0.15, -0.1) is 0 Å². The molecule has 1 aromatic carbocycles. The summed E-state index contributed by atoms with van der Waals surface area (Å²) in [4.78, 5) is 15.9. The van der Waals surface area contributed by atoms with Crippen LogP contribution in [0.5, 0.6) is 0 Å². The number of hydrogen-bond acceptors (Lipinski definition) is 2. The second-order valence-electron chi connectivity index (χ2n) is 3.81. The van der Waals surface area contributed by atoms with Gasteiger partial charge in [0.05, 0.1) is 11.4 Å². The van der Waals surface area contributed by atoms with Gasteiger partial charge in [0.25, 0.3) is 5.91 Å². The van der Waals surface area contributed by atoms with E-state index in [-0.39, 0.29) is 5.91 Å². The zero-order chi connectivity index (χ0) is 11.7. The van der Waals surface area contributed by atoms with Gasteiger partial charge in [0, 0.05) is 17.3 Å². The van der Waals surface area contributed by atoms with Crippen LogP contribution in [-0.2, 0) is 0 Å². The molecular formula is C14H10N2O. The molecule has 2 aromatic rings. The molecule has 0 bridgehead atoms. The van der Waals surface area contributed by atoms with Crippen LogP contribution in [-0.4, -0.2) is 10.9 Å². The van der Waals surface area contributed by atoms with Crippen LogP contribution in [0.4, 0.5) is 0 Å². The maximum absolute atomic E-state index is 11.7. The first-order chi connectivity index (χ1) is 8.34. The highest BCUT2D eigenvalue weighted by molar-refractivity contribution is 6.11. The van der Waals surface area contributed by atoms with Crippen LogP contribution in [0.3, 0.4) is 0 Å². The summed E-state index contributed by atoms with van der Waals surface area (Å²) in [5.41, 5.74) is 3.29. The molecule has 0 radical (unpaired) electrons. The molecule has 1 N–H and O–H groups in total. The molecule has 3 rings (SSSR count). The molecule has 0 atom stereocenters. The summed E-state index contributed by atoms with van der Waals surface area (Å²) in [6.07, 6.45) is 3.61. The van der Waals surface area contributed by atoms with E-state index in [1.807, 2.05) is 48.5 Å². The maximum atomic E-state index is 11.7. The third-order valence-electron chi connectivity index (χ3n) is 2.69. The van der Waals surface area contributed by atoms with Gasteiger partial charge in [0.15, 0.2) is 0 Å². The van der Waals surface area contributed by atoms with Crippen molar-refractivity contribution in [2.45, 2.75) is 0 Å². The summed E-state index contributed by atoms with van der Waals surface area (Å²) in [5, 5.41) is 2.85. The second kappa shape index (κ2) is 3.87. The molecule has 1 aliphatic rings. The molecule has 82 valence electrons. The Morgan fingerprint density at radius 3 is 2.53 bits per heavy atom. The number of nitrogens with one attached hydrogen (secondary N) is 1. The van der Waals surface area contributed by atoms with Crippen molar-refractivity contribution in [2.75, 3.05) is 0 Å². The van der Waals surface area contributed by atoms with Crippen LogP contribution in [0.15, 0.2) is 48.7 Å². The smallest absolute Gasteiger partial charge is 0.256 e. The average Bonchev–Trinajstić information content (AvgIpc) is 2.69. The van der Waals surface area contributed by atoms with Gasteiger partial charge in [0.1, 0.15) is 0 Å². The minimum atomic E-state index is -0.0530. The number of hydrogen-bond donors (Lipinski definition) is 1. The Morgan fingerprint density at radius 2 is 1.76 bits per heavy atom. The SMILES string of the molecule is O=C1NC(=Cc2ccccn2)c2ccccc21. The first-order valence-electron chi connectivity index (χ1n) is 5.38. The highest BCUT2D eigenvalue weighted by Gasteiger charge is 2.22. The van der Waals surface area contributed by atoms with Gasteiger partial charge >= 0.3 is 0 Å². The third-order valence-corrected chi connectivity index (χ3v) is 2.69. The monoisotopic (exact) mass is 222 g/mol. The van der Waals surface area contributed by atoms with E-state index in [0.29, 0.717) is 0 Å². The molecule has 0 spiro atoms. The summed E-state index contributed by atoms with van der Waals surface area (Å²) in [5.74, 6) is -0.0530. The molecule has 0 fully saturated rings. The molecule has 3 heteroatoms. The predicted octanol–water partition coefficient (Wildman–Crippen LogP) is 2.32. The summed E-state index contributed by atoms with van der Waals surface area (Å²) < 4.78 is 0. The fourth-order valence-corrected chi connectivity index (χ4v) is 1.90. The molecule has 1 amide bonds. The summed E-state index contributed by atoms with van der Waals surface area (Å²) in [6, 6.07) is 13.2. The molecule has 0 saturated heterocycles. The number of fused-ring (bicyclic) bond motifs is 1. The molecule has 17 heavy (non-hydrogen) atoms. The third kappa shape index (κ3) is 1.72. The van der Waals surface area contributed by atoms with Crippen LogP contribution in [0.1, 0.15) is 21.6 Å². The lowest BCUT2D eigenvalue weighted by Crippen LogP contribution is -2.11. The van der Waals surface area contributed by atoms with E-state index in [9.17, 15) is 4.79 Å². The standard InChI is InChI=1S/C14H10N2O/c17-14-12-7-2-1-6-11(12)13(16-14)9-10-5-3-4-8-15-10/h1-9H,(H,16,17). The first kappa shape index (κ1) is 9.78. The van der Waals surface area contributed by atoms with Gasteiger partial charge in [0.2, 0.25) is 0 Å². The lowest BCUT2D eigenvalue weighted by molar-refractivity contribution is 0.0981. The van der Waals surface area contributed by atoms with E-state index in [2.05, 4.69) is 10.3 Å². The van der Waals surface area contributed by atoms with Crippen molar-refractivity contribution < 1.29 is 4.79 Å². The zero-order valence-electron chi connectivity index (χ0n) is 9.05. The van der Waals surface area contributed by atoms with E-state index >= 15 is 0 Å². The van der Waals surface area contributed by atoms with E-state index < -0.39 is 0 Å². The molecule has 1 aromatic heterocycles. The van der Waals surface area contributed by atoms with Gasteiger partial charge in [-0.1, -0.05) is 24.3 Å². The molecule has 0 unspecified atom stereocenters. The van der Waals surface area contributed by atoms with Crippen molar-refractivity contribution >= 4 is 17.7 Å². The number of rotatable bonds is 1. The van der Waals surface area contributed by atoms with Crippen LogP contribution < -0.4 is 5.32 Å². The predicted molar refractivity (Wildman–Crippen MR) is 66.0 cm³/mol. The van der Waals surface area contributed by atoms with E-state index in [0.717, 1.165) is 22.5 Å². The lowest BCUT2D eigenvalue weighted by atomic mass is 10.1. The van der Waals surface area contributed by atoms with E-state index in [1.165, 1.54) is 0 Å². The first-order valence-corrected chi connectivity index (χ1v) is 5.38. The fourth-order valence-electron chi connectivity index (χ4n) is 1.90. The Morgan fingerprint density at radius 1 is 1.00 bits per heavy atom. The van der Waals surface area contributed by atoms with Crippen LogP contribution in [0.25, 0.3) is 11.8 Å². The number of aromatic nitrogens is 1. The summed E-state index contributed by atoms with van der Waals surface area (Å²) >= 11 is 0. The number of nitrogens with zero attached hydrogens (tertiary/aromatic N) is 1. The van der Waals surface area contributed by atoms with Crippen LogP contribution in [0, 0.1) is 0 Å². The van der Waals surface area contributed by atoms with Crippen molar-refractivity contribution in [1.29, 1.82) is 0 Å². The van der Waals surface area contributed by atoms with Crippen molar-refractivity contribution in [3.63, 3.8) is 0 Å². The number of pyridine rings is 1. The van der Waals surface area contributed by atoms with E-state index in [4.69, 9.17) is 0 Å². The maximum Gasteiger partial charge on any atom is 0.256 e. The van der Waals surface area contributed by atoms with Gasteiger partial charge < -0.3 is 5.32 Å². The molecule has 1 aliphatic heterocycles. The second-order valence-corrected chi connectivity index (χ2v) is 3.81. The molecular weight excluding hydrogens is 212 g/mol. The zero-order valence-corrected chi connectivity index (χ0v) is 9.05. The minimum absolute atomic E-state index is 0.0530. The fraction of sp³-hybridized carbons (Fsp3) is 0. The average molecular weight is 222 g/mol. The Labute approximate surface area is 98.8 Å². The Bertz CT molecular complexity index is 603. The van der Waals surface area contributed by atoms with Gasteiger partial charge in [-0.2, -0.15) is 0 Å². The highest BCUT2D eigenvalue weighted by atomic mass is 16.1. The topological polar surface area (TPSA) is 42.0 Å². The molecule has 0 aliphatic carbocycles. The number of amides is 1. The number of benzene rings is 1. The van der Waals surface area contributed by atoms with Gasteiger partial charge in [-0.05, 0) is 24.3 Å². The van der Waals surface area contributed by atoms with Crippen molar-refractivity contribution in [3.8, 4) is 0 Å². The van der Waals surface area contributed by atoms with Crippen molar-refractivity contribution in [3.05, 3.63) is 65.5 Å². The highest BCUT2D eigenvalue weighted by Crippen LogP contribution is 2.25. The van der Waals surface area contributed by atoms with Crippen molar-refractivity contribution in [2.24, 2.45) is 0 Å². The Hall–Kier alpha value is -2.42. The molecule has 3 nitrogen and oxygen atoms in total. The normalized spacial score (nSPS) is 15.8. The number of carbonyl (C=O) groups excluding carboxylic acids is 1. The summed E-state index contributed by atoms with van der Waals surface area (Å²) in [7, 11) is 0. The van der Waals surface area contributed by atoms with Crippen molar-refractivity contribution in [1.82, 2.24) is 10.3 Å². The Kier molecular flexibility index (Phi) is 2.22. The number of carbonyl (C=O) groups is 1. The van der Waals surface area contributed by atoms with Crippen LogP contribution >= 0.6 is 0 Å². The molecule has 0 saturated carbocycles. The largest absolute Gasteiger partial charge is 0.321 e. The van der Waals surface area contributed by atoms with Gasteiger partial charge in [-0.3, -0.25) is 9.78 Å². The quantitative estimate of drug-likeness (QED) is 0.804. The minimum Gasteiger partial charge on any atom is -0.321 e. The Balaban J connectivity index is 2.08. The van der Waals surface area contributed by atoms with E-state index in [1.54, 1.807) is 6.20 Å². The summed E-state index contributed by atoms with van der Waals surface area (Å²) in [6.45, 7) is 0.